The first-order chi connectivity index (χ1) is 8.29. The Kier molecular flexibility index (Phi) is 4.84. The van der Waals surface area contributed by atoms with Crippen LogP contribution in [0.2, 0.25) is 0 Å². The third kappa shape index (κ3) is 4.84. The highest BCUT2D eigenvalue weighted by molar-refractivity contribution is 5.92. The van der Waals surface area contributed by atoms with Crippen LogP contribution in [-0.4, -0.2) is 12.5 Å². The first kappa shape index (κ1) is 14.6. The van der Waals surface area contributed by atoms with Crippen molar-refractivity contribution in [2.75, 3.05) is 6.54 Å². The number of nitrogens with one attached hydrogen (secondary N) is 1. The van der Waals surface area contributed by atoms with Gasteiger partial charge in [0.25, 0.3) is 0 Å². The summed E-state index contributed by atoms with van der Waals surface area (Å²) in [7, 11) is 0. The third-order valence-corrected chi connectivity index (χ3v) is 2.70. The Morgan fingerprint density at radius 2 is 2.06 bits per heavy atom. The first-order valence-electron chi connectivity index (χ1n) is 6.08. The van der Waals surface area contributed by atoms with Crippen LogP contribution < -0.4 is 11.1 Å². The molecule has 4 heteroatoms. The number of amides is 1. The summed E-state index contributed by atoms with van der Waals surface area (Å²) in [6.07, 6.45) is 1.02. The summed E-state index contributed by atoms with van der Waals surface area (Å²) >= 11 is 0. The minimum Gasteiger partial charge on any atom is -0.366 e. The number of rotatable bonds is 5. The number of carbonyl (C=O) groups excluding carboxylic acids is 1. The molecule has 1 amide bonds. The Hall–Kier alpha value is -1.42. The molecule has 100 valence electrons. The van der Waals surface area contributed by atoms with E-state index in [2.05, 4.69) is 26.1 Å². The number of halogens is 1. The lowest BCUT2D eigenvalue weighted by Crippen LogP contribution is -2.21. The minimum atomic E-state index is -0.610. The fourth-order valence-electron chi connectivity index (χ4n) is 1.53. The molecule has 0 bridgehead atoms. The standard InChI is InChI=1S/C14H21FN2O/c1-14(2,3)6-7-17-9-11-5-4-10(13(16)18)8-12(11)15/h4-5,8,17H,6-7,9H2,1-3H3,(H2,16,18). The van der Waals surface area contributed by atoms with Gasteiger partial charge in [0.2, 0.25) is 5.91 Å². The van der Waals surface area contributed by atoms with E-state index in [-0.39, 0.29) is 11.0 Å². The van der Waals surface area contributed by atoms with Crippen molar-refractivity contribution in [1.82, 2.24) is 5.32 Å². The van der Waals surface area contributed by atoms with Crippen molar-refractivity contribution in [1.29, 1.82) is 0 Å². The zero-order valence-electron chi connectivity index (χ0n) is 11.2. The Balaban J connectivity index is 2.51. The smallest absolute Gasteiger partial charge is 0.248 e. The van der Waals surface area contributed by atoms with Crippen molar-refractivity contribution in [3.05, 3.63) is 35.1 Å². The van der Waals surface area contributed by atoms with E-state index in [0.29, 0.717) is 12.1 Å². The van der Waals surface area contributed by atoms with Gasteiger partial charge in [-0.15, -0.1) is 0 Å². The van der Waals surface area contributed by atoms with E-state index in [9.17, 15) is 9.18 Å². The maximum Gasteiger partial charge on any atom is 0.248 e. The summed E-state index contributed by atoms with van der Waals surface area (Å²) in [6, 6.07) is 4.33. The molecule has 0 radical (unpaired) electrons. The topological polar surface area (TPSA) is 55.1 Å². The van der Waals surface area contributed by atoms with Gasteiger partial charge in [0.1, 0.15) is 5.82 Å². The molecule has 3 N–H and O–H groups in total. The zero-order chi connectivity index (χ0) is 13.8. The molecule has 0 unspecified atom stereocenters. The Labute approximate surface area is 108 Å². The second-order valence-corrected chi connectivity index (χ2v) is 5.66. The van der Waals surface area contributed by atoms with E-state index in [0.717, 1.165) is 13.0 Å². The van der Waals surface area contributed by atoms with Crippen LogP contribution in [-0.2, 0) is 6.54 Å². The van der Waals surface area contributed by atoms with Crippen LogP contribution in [0.5, 0.6) is 0 Å². The van der Waals surface area contributed by atoms with Crippen molar-refractivity contribution in [2.45, 2.75) is 33.7 Å². The second kappa shape index (κ2) is 5.96. The van der Waals surface area contributed by atoms with Crippen molar-refractivity contribution in [3.8, 4) is 0 Å². The molecule has 0 heterocycles. The summed E-state index contributed by atoms with van der Waals surface area (Å²) in [6.45, 7) is 7.78. The monoisotopic (exact) mass is 252 g/mol. The quantitative estimate of drug-likeness (QED) is 0.791. The molecule has 1 aromatic carbocycles. The first-order valence-corrected chi connectivity index (χ1v) is 6.08. The van der Waals surface area contributed by atoms with Gasteiger partial charge in [-0.05, 0) is 30.5 Å². The highest BCUT2D eigenvalue weighted by atomic mass is 19.1. The third-order valence-electron chi connectivity index (χ3n) is 2.70. The molecule has 0 spiro atoms. The Morgan fingerprint density at radius 1 is 1.39 bits per heavy atom. The van der Waals surface area contributed by atoms with Gasteiger partial charge in [-0.2, -0.15) is 0 Å². The molecular formula is C14H21FN2O. The van der Waals surface area contributed by atoms with Gasteiger partial charge in [0.15, 0.2) is 0 Å². The number of carbonyl (C=O) groups is 1. The predicted octanol–water partition coefficient (Wildman–Crippen LogP) is 2.45. The van der Waals surface area contributed by atoms with Crippen molar-refractivity contribution in [2.24, 2.45) is 11.1 Å². The Bertz CT molecular complexity index is 424. The molecule has 0 atom stereocenters. The van der Waals surface area contributed by atoms with Crippen LogP contribution in [0, 0.1) is 11.2 Å². The van der Waals surface area contributed by atoms with E-state index in [1.54, 1.807) is 12.1 Å². The summed E-state index contributed by atoms with van der Waals surface area (Å²) in [5.41, 5.74) is 6.10. The van der Waals surface area contributed by atoms with E-state index in [4.69, 9.17) is 5.73 Å². The number of benzene rings is 1. The fourth-order valence-corrected chi connectivity index (χ4v) is 1.53. The van der Waals surface area contributed by atoms with Crippen LogP contribution >= 0.6 is 0 Å². The average molecular weight is 252 g/mol. The summed E-state index contributed by atoms with van der Waals surface area (Å²) in [5, 5.41) is 3.19. The van der Waals surface area contributed by atoms with Gasteiger partial charge in [0.05, 0.1) is 0 Å². The van der Waals surface area contributed by atoms with Gasteiger partial charge in [0, 0.05) is 17.7 Å². The maximum atomic E-state index is 13.6. The number of hydrogen-bond donors (Lipinski definition) is 2. The maximum absolute atomic E-state index is 13.6. The molecule has 0 fully saturated rings. The summed E-state index contributed by atoms with van der Waals surface area (Å²) in [4.78, 5) is 10.9. The molecule has 3 nitrogen and oxygen atoms in total. The Morgan fingerprint density at radius 3 is 2.56 bits per heavy atom. The normalized spacial score (nSPS) is 11.6. The van der Waals surface area contributed by atoms with Gasteiger partial charge in [-0.3, -0.25) is 4.79 Å². The van der Waals surface area contributed by atoms with E-state index in [1.807, 2.05) is 0 Å². The highest BCUT2D eigenvalue weighted by Gasteiger charge is 2.10. The van der Waals surface area contributed by atoms with Crippen LogP contribution in [0.4, 0.5) is 4.39 Å². The van der Waals surface area contributed by atoms with Gasteiger partial charge < -0.3 is 11.1 Å². The van der Waals surface area contributed by atoms with Crippen LogP contribution in [0.15, 0.2) is 18.2 Å². The largest absolute Gasteiger partial charge is 0.366 e. The lowest BCUT2D eigenvalue weighted by Gasteiger charge is -2.18. The fraction of sp³-hybridized carbons (Fsp3) is 0.500. The van der Waals surface area contributed by atoms with Crippen molar-refractivity contribution < 1.29 is 9.18 Å². The van der Waals surface area contributed by atoms with E-state index in [1.165, 1.54) is 6.07 Å². The van der Waals surface area contributed by atoms with Gasteiger partial charge in [-0.25, -0.2) is 4.39 Å². The van der Waals surface area contributed by atoms with Gasteiger partial charge in [-0.1, -0.05) is 26.8 Å². The highest BCUT2D eigenvalue weighted by Crippen LogP contribution is 2.17. The molecule has 0 aliphatic heterocycles. The molecule has 1 rings (SSSR count). The van der Waals surface area contributed by atoms with Crippen molar-refractivity contribution >= 4 is 5.91 Å². The molecule has 0 saturated heterocycles. The van der Waals surface area contributed by atoms with Gasteiger partial charge >= 0.3 is 0 Å². The molecule has 18 heavy (non-hydrogen) atoms. The van der Waals surface area contributed by atoms with E-state index < -0.39 is 11.7 Å². The zero-order valence-corrected chi connectivity index (χ0v) is 11.2. The molecule has 0 aromatic heterocycles. The van der Waals surface area contributed by atoms with Crippen LogP contribution in [0.1, 0.15) is 43.1 Å². The van der Waals surface area contributed by atoms with Crippen molar-refractivity contribution in [3.63, 3.8) is 0 Å². The average Bonchev–Trinajstić information content (AvgIpc) is 2.24. The lowest BCUT2D eigenvalue weighted by atomic mass is 9.92. The van der Waals surface area contributed by atoms with Crippen LogP contribution in [0.25, 0.3) is 0 Å². The number of hydrogen-bond acceptors (Lipinski definition) is 2. The minimum absolute atomic E-state index is 0.200. The molecular weight excluding hydrogens is 231 g/mol. The summed E-state index contributed by atoms with van der Waals surface area (Å²) in [5.74, 6) is -1.00. The van der Waals surface area contributed by atoms with Crippen LogP contribution in [0.3, 0.4) is 0 Å². The molecule has 0 aliphatic rings. The van der Waals surface area contributed by atoms with E-state index >= 15 is 0 Å². The molecule has 0 aliphatic carbocycles. The lowest BCUT2D eigenvalue weighted by molar-refractivity contribution is 0.1000. The molecule has 0 saturated carbocycles. The number of primary amides is 1. The number of nitrogens with two attached hydrogens (primary N) is 1. The second-order valence-electron chi connectivity index (χ2n) is 5.66. The molecule has 1 aromatic rings. The predicted molar refractivity (Wildman–Crippen MR) is 70.7 cm³/mol. The SMILES string of the molecule is CC(C)(C)CCNCc1ccc(C(N)=O)cc1F. The summed E-state index contributed by atoms with van der Waals surface area (Å²) < 4.78 is 13.6.